The van der Waals surface area contributed by atoms with E-state index in [1.54, 1.807) is 36.4 Å². The molecular formula is C33H44Cl2N6O6. The Morgan fingerprint density at radius 2 is 1.68 bits per heavy atom. The number of anilines is 1. The Kier molecular flexibility index (Phi) is 15.3. The van der Waals surface area contributed by atoms with Crippen LogP contribution in [0.25, 0.3) is 0 Å². The molecule has 2 heterocycles. The average molecular weight is 692 g/mol. The molecule has 0 bridgehead atoms. The smallest absolute Gasteiger partial charge is 0.328 e. The van der Waals surface area contributed by atoms with Crippen molar-refractivity contribution >= 4 is 54.3 Å². The summed E-state index contributed by atoms with van der Waals surface area (Å²) in [7, 11) is 0. The minimum Gasteiger partial charge on any atom is -0.464 e. The third-order valence-corrected chi connectivity index (χ3v) is 7.45. The summed E-state index contributed by atoms with van der Waals surface area (Å²) in [6, 6.07) is 16.0. The van der Waals surface area contributed by atoms with Crippen LogP contribution in [-0.2, 0) is 35.3 Å². The summed E-state index contributed by atoms with van der Waals surface area (Å²) in [5, 5.41) is 5.40. The van der Waals surface area contributed by atoms with Gasteiger partial charge < -0.3 is 35.3 Å². The van der Waals surface area contributed by atoms with Crippen LogP contribution in [0.15, 0.2) is 73.2 Å². The van der Waals surface area contributed by atoms with Gasteiger partial charge >= 0.3 is 5.97 Å². The lowest BCUT2D eigenvalue weighted by Crippen LogP contribution is -2.56. The first kappa shape index (κ1) is 39.2. The molecule has 3 amide bonds. The van der Waals surface area contributed by atoms with Crippen LogP contribution in [-0.4, -0.2) is 75.5 Å². The second kappa shape index (κ2) is 18.4. The number of nitrogens with zero attached hydrogens (tertiary/aromatic N) is 3. The maximum atomic E-state index is 14.1. The Morgan fingerprint density at radius 3 is 2.32 bits per heavy atom. The Morgan fingerprint density at radius 1 is 1.02 bits per heavy atom. The SMILES string of the molecule is CCOC(=O)[C@H]1CCCCN1C(=O)C(c1ccccc1)n1cnc(NC(=O)[C@@H](COCc2ccccc2)NC(=O)C(C)(C)N)c1.Cl.Cl. The highest BCUT2D eigenvalue weighted by Crippen LogP contribution is 2.27. The van der Waals surface area contributed by atoms with Crippen molar-refractivity contribution in [2.45, 2.75) is 70.3 Å². The maximum absolute atomic E-state index is 14.1. The lowest BCUT2D eigenvalue weighted by Gasteiger charge is -2.36. The molecule has 3 aromatic rings. The van der Waals surface area contributed by atoms with Crippen LogP contribution in [0.4, 0.5) is 5.82 Å². The normalized spacial score (nSPS) is 15.7. The van der Waals surface area contributed by atoms with E-state index >= 15 is 0 Å². The first-order chi connectivity index (χ1) is 21.6. The quantitative estimate of drug-likeness (QED) is 0.230. The van der Waals surface area contributed by atoms with Gasteiger partial charge in [-0.05, 0) is 51.2 Å². The van der Waals surface area contributed by atoms with E-state index in [1.165, 1.54) is 6.33 Å². The highest BCUT2D eigenvalue weighted by molar-refractivity contribution is 5.98. The lowest BCUT2D eigenvalue weighted by atomic mass is 9.98. The molecule has 0 spiro atoms. The molecule has 1 saturated heterocycles. The van der Waals surface area contributed by atoms with Crippen LogP contribution in [0, 0.1) is 0 Å². The number of carbonyl (C=O) groups excluding carboxylic acids is 4. The zero-order chi connectivity index (χ0) is 32.4. The topological polar surface area (TPSA) is 158 Å². The first-order valence-corrected chi connectivity index (χ1v) is 15.2. The fourth-order valence-corrected chi connectivity index (χ4v) is 5.07. The van der Waals surface area contributed by atoms with Crippen molar-refractivity contribution in [3.05, 3.63) is 84.3 Å². The number of esters is 1. The minimum atomic E-state index is -1.22. The summed E-state index contributed by atoms with van der Waals surface area (Å²) in [6.45, 7) is 5.60. The van der Waals surface area contributed by atoms with Crippen molar-refractivity contribution < 1.29 is 28.7 Å². The number of likely N-dealkylation sites (tertiary alicyclic amines) is 1. The summed E-state index contributed by atoms with van der Waals surface area (Å²) in [5.41, 5.74) is 6.34. The molecule has 4 rings (SSSR count). The molecule has 12 nitrogen and oxygen atoms in total. The molecule has 1 aliphatic heterocycles. The van der Waals surface area contributed by atoms with Gasteiger partial charge in [0.1, 0.15) is 18.1 Å². The monoisotopic (exact) mass is 690 g/mol. The summed E-state index contributed by atoms with van der Waals surface area (Å²) < 4.78 is 12.7. The van der Waals surface area contributed by atoms with Crippen LogP contribution < -0.4 is 16.4 Å². The molecule has 0 aliphatic carbocycles. The van der Waals surface area contributed by atoms with Crippen LogP contribution in [0.3, 0.4) is 0 Å². The highest BCUT2D eigenvalue weighted by Gasteiger charge is 2.38. The van der Waals surface area contributed by atoms with Gasteiger partial charge in [0.05, 0.1) is 31.7 Å². The van der Waals surface area contributed by atoms with Crippen molar-refractivity contribution in [2.24, 2.45) is 5.73 Å². The summed E-state index contributed by atoms with van der Waals surface area (Å²) in [6.07, 6.45) is 5.12. The van der Waals surface area contributed by atoms with Gasteiger partial charge in [0.2, 0.25) is 5.91 Å². The second-order valence-corrected chi connectivity index (χ2v) is 11.6. The van der Waals surface area contributed by atoms with Gasteiger partial charge in [-0.25, -0.2) is 9.78 Å². The number of rotatable bonds is 13. The number of nitrogens with one attached hydrogen (secondary N) is 2. The van der Waals surface area contributed by atoms with Gasteiger partial charge in [-0.1, -0.05) is 60.7 Å². The molecule has 2 aromatic carbocycles. The molecule has 14 heteroatoms. The Bertz CT molecular complexity index is 1450. The van der Waals surface area contributed by atoms with Crippen molar-refractivity contribution in [3.8, 4) is 0 Å². The molecule has 3 atom stereocenters. The third-order valence-electron chi connectivity index (χ3n) is 7.45. The Labute approximate surface area is 287 Å². The number of amides is 3. The molecule has 47 heavy (non-hydrogen) atoms. The van der Waals surface area contributed by atoms with Crippen LogP contribution in [0.1, 0.15) is 57.2 Å². The first-order valence-electron chi connectivity index (χ1n) is 15.2. The van der Waals surface area contributed by atoms with E-state index in [4.69, 9.17) is 15.2 Å². The van der Waals surface area contributed by atoms with Gasteiger partial charge in [0.15, 0.2) is 5.82 Å². The lowest BCUT2D eigenvalue weighted by molar-refractivity contribution is -0.157. The number of benzene rings is 2. The average Bonchev–Trinajstić information content (AvgIpc) is 3.48. The van der Waals surface area contributed by atoms with Crippen LogP contribution in [0.5, 0.6) is 0 Å². The number of carbonyl (C=O) groups is 4. The van der Waals surface area contributed by atoms with Crippen molar-refractivity contribution in [1.29, 1.82) is 0 Å². The largest absolute Gasteiger partial charge is 0.464 e. The number of hydrogen-bond donors (Lipinski definition) is 3. The number of piperidine rings is 1. The number of nitrogens with two attached hydrogens (primary N) is 1. The van der Waals surface area contributed by atoms with E-state index < -0.39 is 41.4 Å². The van der Waals surface area contributed by atoms with Gasteiger partial charge in [-0.2, -0.15) is 0 Å². The van der Waals surface area contributed by atoms with Crippen LogP contribution >= 0.6 is 24.8 Å². The van der Waals surface area contributed by atoms with E-state index in [1.807, 2.05) is 60.7 Å². The molecule has 1 fully saturated rings. The van der Waals surface area contributed by atoms with Crippen molar-refractivity contribution in [2.75, 3.05) is 25.1 Å². The standard InChI is InChI=1S/C33H42N6O6.2ClH/c1-4-45-31(42)26-17-11-12-18-39(26)30(41)28(24-15-9-6-10-16-24)38-19-27(35-22-38)37-29(40)25(36-32(43)33(2,3)34)21-44-20-23-13-7-5-8-14-23;;/h5-10,13-16,19,22,25-26,28H,4,11-12,17-18,20-21,34H2,1-3H3,(H,36,43)(H,37,40);2*1H/t25-,26-,28?;;/m1../s1. The van der Waals surface area contributed by atoms with Crippen molar-refractivity contribution in [1.82, 2.24) is 19.8 Å². The fourth-order valence-electron chi connectivity index (χ4n) is 5.07. The second-order valence-electron chi connectivity index (χ2n) is 11.6. The number of hydrogen-bond acceptors (Lipinski definition) is 8. The molecule has 1 unspecified atom stereocenters. The van der Waals surface area contributed by atoms with E-state index in [-0.39, 0.29) is 56.4 Å². The van der Waals surface area contributed by atoms with Crippen molar-refractivity contribution in [3.63, 3.8) is 0 Å². The van der Waals surface area contributed by atoms with Gasteiger partial charge in [-0.3, -0.25) is 14.4 Å². The Hall–Kier alpha value is -3.97. The third kappa shape index (κ3) is 10.8. The molecular weight excluding hydrogens is 647 g/mol. The molecule has 0 radical (unpaired) electrons. The Balaban J connectivity index is 0.00000384. The molecule has 256 valence electrons. The highest BCUT2D eigenvalue weighted by atomic mass is 35.5. The summed E-state index contributed by atoms with van der Waals surface area (Å²) >= 11 is 0. The van der Waals surface area contributed by atoms with E-state index in [9.17, 15) is 19.2 Å². The summed E-state index contributed by atoms with van der Waals surface area (Å²) in [5.74, 6) is -1.61. The predicted octanol–water partition coefficient (Wildman–Crippen LogP) is 3.64. The van der Waals surface area contributed by atoms with Gasteiger partial charge in [-0.15, -0.1) is 24.8 Å². The zero-order valence-electron chi connectivity index (χ0n) is 26.8. The molecule has 0 saturated carbocycles. The fraction of sp³-hybridized carbons (Fsp3) is 0.424. The number of aromatic nitrogens is 2. The number of ether oxygens (including phenoxy) is 2. The molecule has 1 aliphatic rings. The summed E-state index contributed by atoms with van der Waals surface area (Å²) in [4.78, 5) is 58.9. The van der Waals surface area contributed by atoms with Gasteiger partial charge in [0, 0.05) is 12.7 Å². The van der Waals surface area contributed by atoms with E-state index in [0.29, 0.717) is 18.5 Å². The molecule has 1 aromatic heterocycles. The number of halogens is 2. The van der Waals surface area contributed by atoms with Crippen LogP contribution in [0.2, 0.25) is 0 Å². The van der Waals surface area contributed by atoms with Gasteiger partial charge in [0.25, 0.3) is 11.8 Å². The van der Waals surface area contributed by atoms with E-state index in [2.05, 4.69) is 15.6 Å². The maximum Gasteiger partial charge on any atom is 0.328 e. The minimum absolute atomic E-state index is 0. The predicted molar refractivity (Wildman–Crippen MR) is 182 cm³/mol. The van der Waals surface area contributed by atoms with E-state index in [0.717, 1.165) is 18.4 Å². The zero-order valence-corrected chi connectivity index (χ0v) is 28.4. The molecule has 4 N–H and O–H groups in total. The number of imidazole rings is 1.